The van der Waals surface area contributed by atoms with E-state index in [-0.39, 0.29) is 5.60 Å². The zero-order chi connectivity index (χ0) is 13.9. The van der Waals surface area contributed by atoms with Crippen molar-refractivity contribution < 1.29 is 4.74 Å². The first-order valence-corrected chi connectivity index (χ1v) is 7.32. The predicted octanol–water partition coefficient (Wildman–Crippen LogP) is 2.97. The number of unbranched alkanes of at least 4 members (excludes halogenated alkanes) is 1. The number of hydrogen-bond donors (Lipinski definition) is 1. The first-order valence-electron chi connectivity index (χ1n) is 7.32. The number of anilines is 1. The molecule has 19 heavy (non-hydrogen) atoms. The van der Waals surface area contributed by atoms with Crippen molar-refractivity contribution in [2.75, 3.05) is 24.5 Å². The Morgan fingerprint density at radius 3 is 2.79 bits per heavy atom. The molecule has 0 aliphatic carbocycles. The fraction of sp³-hybridized carbons (Fsp3) is 0.625. The molecule has 106 valence electrons. The molecule has 0 atom stereocenters. The van der Waals surface area contributed by atoms with Crippen LogP contribution in [0.1, 0.15) is 39.2 Å². The highest BCUT2D eigenvalue weighted by Gasteiger charge is 2.31. The fourth-order valence-electron chi connectivity index (χ4n) is 2.64. The van der Waals surface area contributed by atoms with E-state index in [9.17, 15) is 0 Å². The van der Waals surface area contributed by atoms with Crippen molar-refractivity contribution in [3.63, 3.8) is 0 Å². The lowest BCUT2D eigenvalue weighted by molar-refractivity contribution is 0.105. The molecule has 3 heteroatoms. The van der Waals surface area contributed by atoms with Crippen LogP contribution in [-0.2, 0) is 6.42 Å². The molecular formula is C16H26N2O. The molecule has 0 spiro atoms. The van der Waals surface area contributed by atoms with Gasteiger partial charge in [-0.1, -0.05) is 13.0 Å². The molecule has 0 fully saturated rings. The lowest BCUT2D eigenvalue weighted by Gasteiger charge is -2.41. The van der Waals surface area contributed by atoms with Gasteiger partial charge in [0, 0.05) is 6.54 Å². The highest BCUT2D eigenvalue weighted by molar-refractivity contribution is 5.62. The third-order valence-corrected chi connectivity index (χ3v) is 3.61. The summed E-state index contributed by atoms with van der Waals surface area (Å²) in [7, 11) is 0. The van der Waals surface area contributed by atoms with Crippen LogP contribution in [-0.4, -0.2) is 25.2 Å². The molecule has 0 unspecified atom stereocenters. The molecule has 1 aliphatic rings. The van der Waals surface area contributed by atoms with E-state index >= 15 is 0 Å². The van der Waals surface area contributed by atoms with Crippen LogP contribution < -0.4 is 15.4 Å². The number of hydrogen-bond acceptors (Lipinski definition) is 3. The van der Waals surface area contributed by atoms with Crippen LogP contribution >= 0.6 is 0 Å². The standard InChI is InChI=1S/C16H26N2O/c1-4-13-7-8-15-14(11-13)18(10-6-5-9-17)12-16(2,3)19-15/h7-8,11H,4-6,9-10,12,17H2,1-3H3. The summed E-state index contributed by atoms with van der Waals surface area (Å²) in [5, 5.41) is 0. The van der Waals surface area contributed by atoms with E-state index < -0.39 is 0 Å². The molecule has 3 nitrogen and oxygen atoms in total. The van der Waals surface area contributed by atoms with Crippen LogP contribution in [0.5, 0.6) is 5.75 Å². The normalized spacial score (nSPS) is 16.9. The van der Waals surface area contributed by atoms with Gasteiger partial charge in [0.2, 0.25) is 0 Å². The number of rotatable bonds is 5. The van der Waals surface area contributed by atoms with Crippen molar-refractivity contribution in [1.29, 1.82) is 0 Å². The van der Waals surface area contributed by atoms with Crippen molar-refractivity contribution in [3.05, 3.63) is 23.8 Å². The predicted molar refractivity (Wildman–Crippen MR) is 81.0 cm³/mol. The zero-order valence-corrected chi connectivity index (χ0v) is 12.4. The van der Waals surface area contributed by atoms with Crippen LogP contribution in [0, 0.1) is 0 Å². The summed E-state index contributed by atoms with van der Waals surface area (Å²) >= 11 is 0. The minimum atomic E-state index is -0.122. The van der Waals surface area contributed by atoms with E-state index in [0.717, 1.165) is 44.6 Å². The lowest BCUT2D eigenvalue weighted by atomic mass is 10.0. The number of benzene rings is 1. The van der Waals surface area contributed by atoms with Crippen molar-refractivity contribution in [2.24, 2.45) is 5.73 Å². The van der Waals surface area contributed by atoms with E-state index in [2.05, 4.69) is 43.9 Å². The van der Waals surface area contributed by atoms with Crippen LogP contribution in [0.2, 0.25) is 0 Å². The number of fused-ring (bicyclic) bond motifs is 1. The van der Waals surface area contributed by atoms with E-state index in [1.165, 1.54) is 11.3 Å². The molecule has 1 aliphatic heterocycles. The van der Waals surface area contributed by atoms with Crippen molar-refractivity contribution >= 4 is 5.69 Å². The summed E-state index contributed by atoms with van der Waals surface area (Å²) in [6.07, 6.45) is 3.29. The van der Waals surface area contributed by atoms with Gasteiger partial charge in [-0.15, -0.1) is 0 Å². The average Bonchev–Trinajstić information content (AvgIpc) is 2.37. The lowest BCUT2D eigenvalue weighted by Crippen LogP contribution is -2.47. The van der Waals surface area contributed by atoms with Crippen molar-refractivity contribution in [3.8, 4) is 5.75 Å². The molecule has 0 bridgehead atoms. The highest BCUT2D eigenvalue weighted by atomic mass is 16.5. The minimum absolute atomic E-state index is 0.122. The summed E-state index contributed by atoms with van der Waals surface area (Å²) < 4.78 is 6.09. The van der Waals surface area contributed by atoms with Gasteiger partial charge < -0.3 is 15.4 Å². The van der Waals surface area contributed by atoms with Gasteiger partial charge in [0.1, 0.15) is 11.4 Å². The summed E-state index contributed by atoms with van der Waals surface area (Å²) in [6.45, 7) is 9.27. The second-order valence-electron chi connectivity index (χ2n) is 5.93. The summed E-state index contributed by atoms with van der Waals surface area (Å²) in [5.41, 5.74) is 8.09. The Morgan fingerprint density at radius 1 is 1.32 bits per heavy atom. The SMILES string of the molecule is CCc1ccc2c(c1)N(CCCCN)CC(C)(C)O2. The minimum Gasteiger partial charge on any atom is -0.484 e. The summed E-state index contributed by atoms with van der Waals surface area (Å²) in [4.78, 5) is 2.45. The van der Waals surface area contributed by atoms with Gasteiger partial charge in [-0.25, -0.2) is 0 Å². The van der Waals surface area contributed by atoms with Gasteiger partial charge in [-0.3, -0.25) is 0 Å². The molecule has 0 saturated carbocycles. The largest absolute Gasteiger partial charge is 0.484 e. The molecule has 0 amide bonds. The molecule has 0 radical (unpaired) electrons. The van der Waals surface area contributed by atoms with E-state index in [1.807, 2.05) is 0 Å². The van der Waals surface area contributed by atoms with Crippen LogP contribution in [0.25, 0.3) is 0 Å². The first-order chi connectivity index (χ1) is 9.05. The second kappa shape index (κ2) is 5.83. The zero-order valence-electron chi connectivity index (χ0n) is 12.4. The van der Waals surface area contributed by atoms with Crippen LogP contribution in [0.4, 0.5) is 5.69 Å². The maximum atomic E-state index is 6.09. The van der Waals surface area contributed by atoms with Gasteiger partial charge in [0.05, 0.1) is 12.2 Å². The third kappa shape index (κ3) is 3.41. The van der Waals surface area contributed by atoms with Crippen LogP contribution in [0.3, 0.4) is 0 Å². The maximum absolute atomic E-state index is 6.09. The quantitative estimate of drug-likeness (QED) is 0.829. The van der Waals surface area contributed by atoms with Gasteiger partial charge in [0.15, 0.2) is 0 Å². The third-order valence-electron chi connectivity index (χ3n) is 3.61. The fourth-order valence-corrected chi connectivity index (χ4v) is 2.64. The van der Waals surface area contributed by atoms with E-state index in [4.69, 9.17) is 10.5 Å². The molecule has 2 rings (SSSR count). The number of nitrogens with two attached hydrogens (primary N) is 1. The highest BCUT2D eigenvalue weighted by Crippen LogP contribution is 2.37. The number of ether oxygens (including phenoxy) is 1. The maximum Gasteiger partial charge on any atom is 0.143 e. The first kappa shape index (κ1) is 14.2. The van der Waals surface area contributed by atoms with E-state index in [0.29, 0.717) is 0 Å². The monoisotopic (exact) mass is 262 g/mol. The molecule has 0 saturated heterocycles. The summed E-state index contributed by atoms with van der Waals surface area (Å²) in [6, 6.07) is 6.55. The molecule has 0 aromatic heterocycles. The van der Waals surface area contributed by atoms with E-state index in [1.54, 1.807) is 0 Å². The Bertz CT molecular complexity index is 429. The van der Waals surface area contributed by atoms with Gasteiger partial charge in [-0.05, 0) is 57.4 Å². The average molecular weight is 262 g/mol. The Labute approximate surface area is 116 Å². The van der Waals surface area contributed by atoms with Gasteiger partial charge in [-0.2, -0.15) is 0 Å². The Balaban J connectivity index is 2.23. The van der Waals surface area contributed by atoms with Gasteiger partial charge >= 0.3 is 0 Å². The Hall–Kier alpha value is -1.22. The topological polar surface area (TPSA) is 38.5 Å². The van der Waals surface area contributed by atoms with Gasteiger partial charge in [0.25, 0.3) is 0 Å². The second-order valence-corrected chi connectivity index (χ2v) is 5.93. The van der Waals surface area contributed by atoms with Crippen molar-refractivity contribution in [2.45, 2.75) is 45.6 Å². The number of nitrogens with zero attached hydrogens (tertiary/aromatic N) is 1. The summed E-state index contributed by atoms with van der Waals surface area (Å²) in [5.74, 6) is 1.01. The van der Waals surface area contributed by atoms with Crippen molar-refractivity contribution in [1.82, 2.24) is 0 Å². The molecule has 1 aromatic rings. The molecule has 1 aromatic carbocycles. The molecule has 2 N–H and O–H groups in total. The Morgan fingerprint density at radius 2 is 2.11 bits per heavy atom. The molecule has 1 heterocycles. The number of aryl methyl sites for hydroxylation is 1. The van der Waals surface area contributed by atoms with Crippen LogP contribution in [0.15, 0.2) is 18.2 Å². The smallest absolute Gasteiger partial charge is 0.143 e. The molecular weight excluding hydrogens is 236 g/mol. The Kier molecular flexibility index (Phi) is 4.35.